The summed E-state index contributed by atoms with van der Waals surface area (Å²) in [6, 6.07) is 7.83. The third-order valence-electron chi connectivity index (χ3n) is 6.02. The molecule has 2 amide bonds. The third-order valence-corrected chi connectivity index (χ3v) is 6.02. The van der Waals surface area contributed by atoms with Crippen LogP contribution in [0.2, 0.25) is 0 Å². The van der Waals surface area contributed by atoms with Crippen LogP contribution in [0.3, 0.4) is 0 Å². The van der Waals surface area contributed by atoms with Crippen molar-refractivity contribution in [2.24, 2.45) is 5.16 Å². The van der Waals surface area contributed by atoms with Gasteiger partial charge in [0.1, 0.15) is 11.3 Å². The van der Waals surface area contributed by atoms with E-state index < -0.39 is 5.60 Å². The monoisotopic (exact) mass is 385 g/mol. The second-order valence-corrected chi connectivity index (χ2v) is 8.01. The molecule has 2 fully saturated rings. The highest BCUT2D eigenvalue weighted by Gasteiger charge is 2.44. The van der Waals surface area contributed by atoms with Crippen molar-refractivity contribution in [3.05, 3.63) is 35.4 Å². The number of piperidine rings is 1. The number of hydrogen-bond acceptors (Lipinski definition) is 5. The van der Waals surface area contributed by atoms with Crippen LogP contribution >= 0.6 is 0 Å². The van der Waals surface area contributed by atoms with Gasteiger partial charge in [-0.2, -0.15) is 0 Å². The first kappa shape index (κ1) is 18.9. The van der Waals surface area contributed by atoms with Crippen LogP contribution in [-0.2, 0) is 21.0 Å². The van der Waals surface area contributed by atoms with Crippen molar-refractivity contribution in [2.75, 3.05) is 20.2 Å². The summed E-state index contributed by atoms with van der Waals surface area (Å²) in [5, 5.41) is 7.09. The van der Waals surface area contributed by atoms with E-state index >= 15 is 0 Å². The Kier molecular flexibility index (Phi) is 5.35. The normalized spacial score (nSPS) is 21.0. The summed E-state index contributed by atoms with van der Waals surface area (Å²) in [5.41, 5.74) is 1.77. The first-order valence-electron chi connectivity index (χ1n) is 10.0. The lowest BCUT2D eigenvalue weighted by atomic mass is 9.86. The molecule has 1 N–H and O–H groups in total. The minimum Gasteiger partial charge on any atom is -0.388 e. The summed E-state index contributed by atoms with van der Waals surface area (Å²) in [6.45, 7) is 1.74. The van der Waals surface area contributed by atoms with Gasteiger partial charge in [-0.25, -0.2) is 0 Å². The van der Waals surface area contributed by atoms with Gasteiger partial charge in [-0.3, -0.25) is 9.59 Å². The number of hydrogen-bond donors (Lipinski definition) is 1. The van der Waals surface area contributed by atoms with Gasteiger partial charge >= 0.3 is 0 Å². The highest BCUT2D eigenvalue weighted by Crippen LogP contribution is 2.35. The average molecular weight is 385 g/mol. The molecule has 2 aliphatic heterocycles. The van der Waals surface area contributed by atoms with Crippen molar-refractivity contribution in [3.63, 3.8) is 0 Å². The van der Waals surface area contributed by atoms with E-state index in [0.29, 0.717) is 56.3 Å². The Labute approximate surface area is 165 Å². The summed E-state index contributed by atoms with van der Waals surface area (Å²) < 4.78 is 5.11. The van der Waals surface area contributed by atoms with Crippen molar-refractivity contribution >= 4 is 17.5 Å². The van der Waals surface area contributed by atoms with Crippen LogP contribution in [0.25, 0.3) is 0 Å². The van der Waals surface area contributed by atoms with E-state index in [1.54, 1.807) is 7.11 Å². The highest BCUT2D eigenvalue weighted by molar-refractivity contribution is 6.39. The van der Waals surface area contributed by atoms with E-state index in [-0.39, 0.29) is 11.8 Å². The number of ether oxygens (including phenoxy) is 1. The van der Waals surface area contributed by atoms with Crippen molar-refractivity contribution in [2.45, 2.75) is 56.8 Å². The van der Waals surface area contributed by atoms with E-state index in [9.17, 15) is 9.59 Å². The molecule has 0 bridgehead atoms. The fraction of sp³-hybridized carbons (Fsp3) is 0.571. The fourth-order valence-corrected chi connectivity index (χ4v) is 3.94. The lowest BCUT2D eigenvalue weighted by Crippen LogP contribution is -2.48. The molecule has 1 spiro atoms. The van der Waals surface area contributed by atoms with Crippen molar-refractivity contribution in [3.8, 4) is 0 Å². The number of amides is 2. The Morgan fingerprint density at radius 2 is 1.96 bits per heavy atom. The first-order chi connectivity index (χ1) is 13.6. The Bertz CT molecular complexity index is 762. The molecule has 0 atom stereocenters. The van der Waals surface area contributed by atoms with E-state index in [4.69, 9.17) is 9.57 Å². The summed E-state index contributed by atoms with van der Waals surface area (Å²) in [4.78, 5) is 32.6. The molecule has 7 nitrogen and oxygen atoms in total. The van der Waals surface area contributed by atoms with Gasteiger partial charge in [0.2, 0.25) is 0 Å². The lowest BCUT2D eigenvalue weighted by molar-refractivity contribution is -0.116. The van der Waals surface area contributed by atoms with Crippen molar-refractivity contribution in [1.29, 1.82) is 0 Å². The maximum Gasteiger partial charge on any atom is 0.269 e. The molecule has 2 heterocycles. The van der Waals surface area contributed by atoms with E-state index in [0.717, 1.165) is 18.4 Å². The molecular weight excluding hydrogens is 358 g/mol. The van der Waals surface area contributed by atoms with Gasteiger partial charge in [-0.1, -0.05) is 17.3 Å². The molecule has 28 heavy (non-hydrogen) atoms. The van der Waals surface area contributed by atoms with Crippen LogP contribution in [-0.4, -0.2) is 54.3 Å². The number of benzene rings is 1. The second-order valence-electron chi connectivity index (χ2n) is 8.01. The average Bonchev–Trinajstić information content (AvgIpc) is 3.09. The maximum absolute atomic E-state index is 12.8. The van der Waals surface area contributed by atoms with Crippen LogP contribution in [0.4, 0.5) is 0 Å². The van der Waals surface area contributed by atoms with Gasteiger partial charge in [0.25, 0.3) is 11.8 Å². The third kappa shape index (κ3) is 3.90. The quantitative estimate of drug-likeness (QED) is 0.843. The largest absolute Gasteiger partial charge is 0.388 e. The fourth-order valence-electron chi connectivity index (χ4n) is 3.94. The zero-order valence-electron chi connectivity index (χ0n) is 16.3. The molecule has 3 aliphatic rings. The zero-order valence-corrected chi connectivity index (χ0v) is 16.3. The number of oxime groups is 1. The summed E-state index contributed by atoms with van der Waals surface area (Å²) in [6.07, 6.45) is 5.17. The molecule has 1 saturated carbocycles. The van der Waals surface area contributed by atoms with Gasteiger partial charge in [0.05, 0.1) is 6.61 Å². The number of methoxy groups -OCH3 is 1. The van der Waals surface area contributed by atoms with Crippen LogP contribution in [0, 0.1) is 0 Å². The number of carbonyl (C=O) groups is 2. The summed E-state index contributed by atoms with van der Waals surface area (Å²) in [7, 11) is 1.65. The van der Waals surface area contributed by atoms with Crippen molar-refractivity contribution < 1.29 is 19.2 Å². The van der Waals surface area contributed by atoms with E-state index in [1.165, 1.54) is 6.42 Å². The van der Waals surface area contributed by atoms with E-state index in [2.05, 4.69) is 10.5 Å². The van der Waals surface area contributed by atoms with E-state index in [1.807, 2.05) is 29.2 Å². The molecule has 1 saturated heterocycles. The Balaban J connectivity index is 1.29. The molecule has 1 aromatic carbocycles. The minimum absolute atomic E-state index is 0.0284. The van der Waals surface area contributed by atoms with Gasteiger partial charge in [-0.15, -0.1) is 0 Å². The van der Waals surface area contributed by atoms with Gasteiger partial charge in [0.15, 0.2) is 0 Å². The molecule has 1 aromatic rings. The van der Waals surface area contributed by atoms with Gasteiger partial charge in [-0.05, 0) is 37.0 Å². The molecular formula is C21H27N3O4. The minimum atomic E-state index is -0.439. The molecule has 0 unspecified atom stereocenters. The first-order valence-corrected chi connectivity index (χ1v) is 10.0. The Morgan fingerprint density at radius 3 is 2.57 bits per heavy atom. The number of likely N-dealkylation sites (tertiary alicyclic amines) is 1. The Hall–Kier alpha value is -2.41. The van der Waals surface area contributed by atoms with Crippen LogP contribution < -0.4 is 5.32 Å². The topological polar surface area (TPSA) is 80.2 Å². The number of rotatable bonds is 5. The maximum atomic E-state index is 12.8. The predicted octanol–water partition coefficient (Wildman–Crippen LogP) is 2.25. The predicted molar refractivity (Wildman–Crippen MR) is 104 cm³/mol. The number of carbonyl (C=O) groups excluding carboxylic acids is 2. The zero-order chi connectivity index (χ0) is 19.6. The molecule has 0 aromatic heterocycles. The SMILES string of the molecule is COCc1ccc(C(=O)N2CCC3(CC2)CC(C(=O)NC2CCC2)=NO3)cc1. The van der Waals surface area contributed by atoms with Crippen LogP contribution in [0.1, 0.15) is 54.4 Å². The lowest BCUT2D eigenvalue weighted by Gasteiger charge is -2.37. The smallest absolute Gasteiger partial charge is 0.269 e. The standard InChI is InChI=1S/C21H27N3O4/c1-27-14-15-5-7-16(8-6-15)20(26)24-11-9-21(10-12-24)13-18(23-28-21)19(25)22-17-3-2-4-17/h5-8,17H,2-4,9-14H2,1H3,(H,22,25). The number of nitrogens with zero attached hydrogens (tertiary/aromatic N) is 2. The van der Waals surface area contributed by atoms with Gasteiger partial charge in [0, 0.05) is 51.1 Å². The highest BCUT2D eigenvalue weighted by atomic mass is 16.7. The van der Waals surface area contributed by atoms with Crippen LogP contribution in [0.15, 0.2) is 29.4 Å². The molecule has 4 rings (SSSR count). The molecule has 0 radical (unpaired) electrons. The molecule has 1 aliphatic carbocycles. The molecule has 150 valence electrons. The molecule has 7 heteroatoms. The second kappa shape index (κ2) is 7.91. The van der Waals surface area contributed by atoms with Gasteiger partial charge < -0.3 is 19.8 Å². The summed E-state index contributed by atoms with van der Waals surface area (Å²) >= 11 is 0. The van der Waals surface area contributed by atoms with Crippen molar-refractivity contribution in [1.82, 2.24) is 10.2 Å². The Morgan fingerprint density at radius 1 is 1.25 bits per heavy atom. The van der Waals surface area contributed by atoms with Crippen LogP contribution in [0.5, 0.6) is 0 Å². The number of nitrogens with one attached hydrogen (secondary N) is 1. The summed E-state index contributed by atoms with van der Waals surface area (Å²) in [5.74, 6) is -0.0723.